The third-order valence-corrected chi connectivity index (χ3v) is 4.71. The van der Waals surface area contributed by atoms with Crippen molar-refractivity contribution in [2.75, 3.05) is 33.2 Å². The SMILES string of the molecule is COC(=O)Cc1ccc([N+](=O)[O-])c(Br)c1.COC(=O)Cc1ccc([N+](=O)[O-])c(N(C)C)c1. The zero-order valence-corrected chi connectivity index (χ0v) is 19.4. The molecule has 0 bridgehead atoms. The molecule has 0 heterocycles. The molecule has 0 aliphatic heterocycles. The van der Waals surface area contributed by atoms with Crippen LogP contribution in [0.4, 0.5) is 17.1 Å². The average Bonchev–Trinajstić information content (AvgIpc) is 2.73. The first-order valence-electron chi connectivity index (χ1n) is 9.01. The van der Waals surface area contributed by atoms with Crippen LogP contribution in [0.1, 0.15) is 11.1 Å². The molecule has 11 nitrogen and oxygen atoms in total. The first-order chi connectivity index (χ1) is 15.0. The molecule has 0 radical (unpaired) electrons. The number of ether oxygens (including phenoxy) is 2. The van der Waals surface area contributed by atoms with Gasteiger partial charge in [-0.05, 0) is 39.2 Å². The fraction of sp³-hybridized carbons (Fsp3) is 0.300. The van der Waals surface area contributed by atoms with Crippen LogP contribution < -0.4 is 4.90 Å². The van der Waals surface area contributed by atoms with Crippen LogP contribution in [0, 0.1) is 20.2 Å². The third kappa shape index (κ3) is 7.95. The van der Waals surface area contributed by atoms with Gasteiger partial charge in [0.25, 0.3) is 11.4 Å². The van der Waals surface area contributed by atoms with E-state index in [2.05, 4.69) is 25.4 Å². The standard InChI is InChI=1S/C11H14N2O4.C9H8BrNO4/c1-12(2)10-6-8(7-11(14)17-3)4-5-9(10)13(15)16;1-15-9(12)5-6-2-3-8(11(13)14)7(10)4-6/h4-6H,7H2,1-3H3;2-4H,5H2,1H3. The number of nitro groups is 2. The van der Waals surface area contributed by atoms with Crippen molar-refractivity contribution >= 4 is 44.9 Å². The van der Waals surface area contributed by atoms with Gasteiger partial charge in [-0.3, -0.25) is 29.8 Å². The quantitative estimate of drug-likeness (QED) is 0.310. The number of carbonyl (C=O) groups is 2. The predicted octanol–water partition coefficient (Wildman–Crippen LogP) is 3.45. The molecule has 0 aromatic heterocycles. The highest BCUT2D eigenvalue weighted by Gasteiger charge is 2.17. The molecule has 2 aromatic carbocycles. The largest absolute Gasteiger partial charge is 0.469 e. The van der Waals surface area contributed by atoms with Gasteiger partial charge in [0.1, 0.15) is 5.69 Å². The number of nitro benzene ring substituents is 2. The Morgan fingerprint density at radius 1 is 0.875 bits per heavy atom. The van der Waals surface area contributed by atoms with Crippen molar-refractivity contribution in [1.82, 2.24) is 0 Å². The molecule has 12 heteroatoms. The third-order valence-electron chi connectivity index (χ3n) is 4.08. The summed E-state index contributed by atoms with van der Waals surface area (Å²) in [5.41, 5.74) is 1.81. The van der Waals surface area contributed by atoms with Gasteiger partial charge in [0.15, 0.2) is 0 Å². The molecule has 0 atom stereocenters. The van der Waals surface area contributed by atoms with E-state index < -0.39 is 9.85 Å². The van der Waals surface area contributed by atoms with E-state index in [1.54, 1.807) is 31.1 Å². The lowest BCUT2D eigenvalue weighted by atomic mass is 10.1. The lowest BCUT2D eigenvalue weighted by molar-refractivity contribution is -0.385. The van der Waals surface area contributed by atoms with Crippen molar-refractivity contribution in [3.05, 3.63) is 72.2 Å². The second kappa shape index (κ2) is 12.3. The van der Waals surface area contributed by atoms with Crippen molar-refractivity contribution in [2.45, 2.75) is 12.8 Å². The molecule has 172 valence electrons. The molecule has 0 spiro atoms. The van der Waals surface area contributed by atoms with Gasteiger partial charge in [-0.15, -0.1) is 0 Å². The average molecular weight is 512 g/mol. The van der Waals surface area contributed by atoms with E-state index in [-0.39, 0.29) is 36.2 Å². The predicted molar refractivity (Wildman–Crippen MR) is 120 cm³/mol. The number of methoxy groups -OCH3 is 2. The minimum absolute atomic E-state index is 0.0172. The van der Waals surface area contributed by atoms with Crippen LogP contribution in [0.15, 0.2) is 40.9 Å². The lowest BCUT2D eigenvalue weighted by Gasteiger charge is -2.13. The van der Waals surface area contributed by atoms with Gasteiger partial charge in [-0.1, -0.05) is 12.1 Å². The van der Waals surface area contributed by atoms with Crippen LogP contribution in [-0.4, -0.2) is 50.1 Å². The number of hydrogen-bond acceptors (Lipinski definition) is 9. The fourth-order valence-electron chi connectivity index (χ4n) is 2.48. The molecular weight excluding hydrogens is 490 g/mol. The topological polar surface area (TPSA) is 142 Å². The molecular formula is C20H22BrN3O8. The summed E-state index contributed by atoms with van der Waals surface area (Å²) < 4.78 is 9.38. The molecule has 0 N–H and O–H groups in total. The van der Waals surface area contributed by atoms with E-state index in [1.807, 2.05) is 0 Å². The lowest BCUT2D eigenvalue weighted by Crippen LogP contribution is -2.12. The summed E-state index contributed by atoms with van der Waals surface area (Å²) in [6.45, 7) is 0. The van der Waals surface area contributed by atoms with Gasteiger partial charge in [0.05, 0.1) is 41.4 Å². The minimum Gasteiger partial charge on any atom is -0.469 e. The summed E-state index contributed by atoms with van der Waals surface area (Å²) in [5.74, 6) is -0.751. The summed E-state index contributed by atoms with van der Waals surface area (Å²) in [7, 11) is 6.03. The Hall–Kier alpha value is -3.54. The van der Waals surface area contributed by atoms with E-state index in [9.17, 15) is 29.8 Å². The molecule has 0 aliphatic rings. The first-order valence-corrected chi connectivity index (χ1v) is 9.80. The zero-order chi connectivity index (χ0) is 24.4. The Balaban J connectivity index is 0.000000323. The number of esters is 2. The number of hydrogen-bond donors (Lipinski definition) is 0. The Labute approximate surface area is 192 Å². The maximum atomic E-state index is 11.1. The minimum atomic E-state index is -0.494. The molecule has 2 aromatic rings. The highest BCUT2D eigenvalue weighted by molar-refractivity contribution is 9.10. The fourth-order valence-corrected chi connectivity index (χ4v) is 3.05. The monoisotopic (exact) mass is 511 g/mol. The number of carbonyl (C=O) groups excluding carboxylic acids is 2. The molecule has 32 heavy (non-hydrogen) atoms. The number of halogens is 1. The van der Waals surface area contributed by atoms with Crippen molar-refractivity contribution in [1.29, 1.82) is 0 Å². The Morgan fingerprint density at radius 3 is 1.69 bits per heavy atom. The highest BCUT2D eigenvalue weighted by Crippen LogP contribution is 2.28. The van der Waals surface area contributed by atoms with Crippen molar-refractivity contribution in [3.8, 4) is 0 Å². The maximum absolute atomic E-state index is 11.1. The van der Waals surface area contributed by atoms with E-state index in [0.29, 0.717) is 21.3 Å². The van der Waals surface area contributed by atoms with Gasteiger partial charge < -0.3 is 14.4 Å². The highest BCUT2D eigenvalue weighted by atomic mass is 79.9. The summed E-state index contributed by atoms with van der Waals surface area (Å²) in [4.78, 5) is 44.0. The number of benzene rings is 2. The Morgan fingerprint density at radius 2 is 1.31 bits per heavy atom. The smallest absolute Gasteiger partial charge is 0.309 e. The molecule has 0 saturated carbocycles. The first kappa shape index (κ1) is 26.5. The maximum Gasteiger partial charge on any atom is 0.309 e. The number of rotatable bonds is 7. The summed E-state index contributed by atoms with van der Waals surface area (Å²) in [5, 5.41) is 21.3. The van der Waals surface area contributed by atoms with Crippen LogP contribution in [0.3, 0.4) is 0 Å². The van der Waals surface area contributed by atoms with E-state index in [0.717, 1.165) is 0 Å². The van der Waals surface area contributed by atoms with Crippen LogP contribution >= 0.6 is 15.9 Å². The Kier molecular flexibility index (Phi) is 10.2. The van der Waals surface area contributed by atoms with E-state index in [1.165, 1.54) is 38.5 Å². The molecule has 0 unspecified atom stereocenters. The summed E-state index contributed by atoms with van der Waals surface area (Å²) in [6, 6.07) is 8.99. The molecule has 2 rings (SSSR count). The number of nitrogens with zero attached hydrogens (tertiary/aromatic N) is 3. The van der Waals surface area contributed by atoms with E-state index >= 15 is 0 Å². The Bertz CT molecular complexity index is 1010. The summed E-state index contributed by atoms with van der Waals surface area (Å²) >= 11 is 3.07. The van der Waals surface area contributed by atoms with Gasteiger partial charge in [0, 0.05) is 26.2 Å². The van der Waals surface area contributed by atoms with E-state index in [4.69, 9.17) is 0 Å². The van der Waals surface area contributed by atoms with Crippen LogP contribution in [0.2, 0.25) is 0 Å². The second-order valence-electron chi connectivity index (χ2n) is 6.52. The number of anilines is 1. The van der Waals surface area contributed by atoms with Gasteiger partial charge in [0.2, 0.25) is 0 Å². The van der Waals surface area contributed by atoms with Gasteiger partial charge in [-0.25, -0.2) is 0 Å². The van der Waals surface area contributed by atoms with Gasteiger partial charge >= 0.3 is 11.9 Å². The molecule has 0 amide bonds. The molecule has 0 fully saturated rings. The summed E-state index contributed by atoms with van der Waals surface area (Å²) in [6.07, 6.45) is 0.211. The molecule has 0 aliphatic carbocycles. The van der Waals surface area contributed by atoms with Gasteiger partial charge in [-0.2, -0.15) is 0 Å². The normalized spacial score (nSPS) is 9.78. The zero-order valence-electron chi connectivity index (χ0n) is 17.9. The van der Waals surface area contributed by atoms with Crippen LogP contribution in [0.5, 0.6) is 0 Å². The molecule has 0 saturated heterocycles. The van der Waals surface area contributed by atoms with Crippen molar-refractivity contribution in [3.63, 3.8) is 0 Å². The van der Waals surface area contributed by atoms with Crippen molar-refractivity contribution < 1.29 is 28.9 Å². The second-order valence-corrected chi connectivity index (χ2v) is 7.38. The van der Waals surface area contributed by atoms with Crippen LogP contribution in [-0.2, 0) is 31.9 Å². The van der Waals surface area contributed by atoms with Crippen molar-refractivity contribution in [2.24, 2.45) is 0 Å². The van der Waals surface area contributed by atoms with Crippen LogP contribution in [0.25, 0.3) is 0 Å².